The number of fused-ring (bicyclic) bond motifs is 1. The fraction of sp³-hybridized carbons (Fsp3) is 0.462. The predicted molar refractivity (Wildman–Crippen MR) is 62.5 cm³/mol. The Kier molecular flexibility index (Phi) is 3.05. The summed E-state index contributed by atoms with van der Waals surface area (Å²) in [6.45, 7) is 4.15. The van der Waals surface area contributed by atoms with Gasteiger partial charge in [0.15, 0.2) is 5.78 Å². The number of anilines is 1. The Bertz CT molecular complexity index is 359. The van der Waals surface area contributed by atoms with Gasteiger partial charge in [-0.25, -0.2) is 0 Å². The summed E-state index contributed by atoms with van der Waals surface area (Å²) in [5, 5.41) is 0. The van der Waals surface area contributed by atoms with Crippen molar-refractivity contribution in [3.63, 3.8) is 0 Å². The van der Waals surface area contributed by atoms with E-state index < -0.39 is 0 Å². The molecule has 2 rings (SSSR count). The molecule has 0 saturated heterocycles. The highest BCUT2D eigenvalue weighted by Gasteiger charge is 2.21. The molecule has 1 aliphatic rings. The van der Waals surface area contributed by atoms with Crippen molar-refractivity contribution in [1.29, 1.82) is 0 Å². The van der Waals surface area contributed by atoms with Gasteiger partial charge in [-0.3, -0.25) is 4.79 Å². The van der Waals surface area contributed by atoms with E-state index in [0.717, 1.165) is 24.3 Å². The topological polar surface area (TPSA) is 20.3 Å². The smallest absolute Gasteiger partial charge is 0.166 e. The van der Waals surface area contributed by atoms with E-state index in [-0.39, 0.29) is 0 Å². The third-order valence-corrected chi connectivity index (χ3v) is 2.94. The molecule has 0 saturated carbocycles. The lowest BCUT2D eigenvalue weighted by atomic mass is 10.0. The Morgan fingerprint density at radius 3 is 2.93 bits per heavy atom. The van der Waals surface area contributed by atoms with Crippen LogP contribution in [-0.4, -0.2) is 18.9 Å². The van der Waals surface area contributed by atoms with E-state index in [1.54, 1.807) is 0 Å². The first-order chi connectivity index (χ1) is 7.33. The highest BCUT2D eigenvalue weighted by molar-refractivity contribution is 6.03. The van der Waals surface area contributed by atoms with Crippen molar-refractivity contribution in [2.24, 2.45) is 0 Å². The molecule has 0 aromatic heterocycles. The van der Waals surface area contributed by atoms with Gasteiger partial charge in [0.2, 0.25) is 0 Å². The van der Waals surface area contributed by atoms with E-state index in [1.807, 2.05) is 18.2 Å². The number of nitrogens with zero attached hydrogens (tertiary/aromatic N) is 1. The number of benzene rings is 1. The number of hydrogen-bond acceptors (Lipinski definition) is 2. The quantitative estimate of drug-likeness (QED) is 0.753. The Morgan fingerprint density at radius 2 is 2.13 bits per heavy atom. The van der Waals surface area contributed by atoms with Crippen LogP contribution < -0.4 is 4.90 Å². The number of Topliss-reactive ketones (excluding diaryl/α,β-unsaturated/α-hetero) is 1. The van der Waals surface area contributed by atoms with E-state index >= 15 is 0 Å². The summed E-state index contributed by atoms with van der Waals surface area (Å²) in [4.78, 5) is 14.0. The molecule has 1 aromatic carbocycles. The normalized spacial score (nSPS) is 15.3. The van der Waals surface area contributed by atoms with Crippen LogP contribution in [0.3, 0.4) is 0 Å². The zero-order chi connectivity index (χ0) is 10.7. The first-order valence-electron chi connectivity index (χ1n) is 5.70. The highest BCUT2D eigenvalue weighted by Crippen LogP contribution is 2.26. The van der Waals surface area contributed by atoms with E-state index in [1.165, 1.54) is 12.8 Å². The maximum absolute atomic E-state index is 11.7. The van der Waals surface area contributed by atoms with Crippen molar-refractivity contribution in [3.8, 4) is 0 Å². The molecule has 0 N–H and O–H groups in total. The van der Waals surface area contributed by atoms with E-state index in [2.05, 4.69) is 17.9 Å². The van der Waals surface area contributed by atoms with Crippen LogP contribution in [0, 0.1) is 0 Å². The Labute approximate surface area is 90.9 Å². The Balaban J connectivity index is 2.24. The summed E-state index contributed by atoms with van der Waals surface area (Å²) < 4.78 is 0. The van der Waals surface area contributed by atoms with Crippen molar-refractivity contribution in [2.75, 3.05) is 18.0 Å². The first-order valence-corrected chi connectivity index (χ1v) is 5.70. The van der Waals surface area contributed by atoms with Crippen LogP contribution in [0.5, 0.6) is 0 Å². The van der Waals surface area contributed by atoms with Gasteiger partial charge in [0.25, 0.3) is 0 Å². The first kappa shape index (κ1) is 10.2. The van der Waals surface area contributed by atoms with Crippen molar-refractivity contribution >= 4 is 11.5 Å². The summed E-state index contributed by atoms with van der Waals surface area (Å²) >= 11 is 0. The highest BCUT2D eigenvalue weighted by atomic mass is 16.1. The summed E-state index contributed by atoms with van der Waals surface area (Å²) in [5.41, 5.74) is 2.03. The second kappa shape index (κ2) is 4.47. The molecule has 0 atom stereocenters. The fourth-order valence-electron chi connectivity index (χ4n) is 2.06. The standard InChI is InChI=1S/C13H17NO/c1-2-3-9-14-10-8-13(15)11-6-4-5-7-12(11)14/h4-7H,2-3,8-10H2,1H3. The third-order valence-electron chi connectivity index (χ3n) is 2.94. The molecule has 80 valence electrons. The number of carbonyl (C=O) groups is 1. The summed E-state index contributed by atoms with van der Waals surface area (Å²) in [5.74, 6) is 0.290. The van der Waals surface area contributed by atoms with Gasteiger partial charge in [0, 0.05) is 30.8 Å². The number of ketones is 1. The molecular formula is C13H17NO. The molecule has 0 aliphatic carbocycles. The van der Waals surface area contributed by atoms with E-state index in [4.69, 9.17) is 0 Å². The Morgan fingerprint density at radius 1 is 1.33 bits per heavy atom. The number of carbonyl (C=O) groups excluding carboxylic acids is 1. The van der Waals surface area contributed by atoms with Crippen LogP contribution >= 0.6 is 0 Å². The molecule has 0 amide bonds. The summed E-state index contributed by atoms with van der Waals surface area (Å²) in [7, 11) is 0. The zero-order valence-electron chi connectivity index (χ0n) is 9.20. The zero-order valence-corrected chi connectivity index (χ0v) is 9.20. The molecule has 1 heterocycles. The van der Waals surface area contributed by atoms with Gasteiger partial charge in [0.05, 0.1) is 0 Å². The minimum atomic E-state index is 0.290. The van der Waals surface area contributed by atoms with Crippen LogP contribution in [0.1, 0.15) is 36.5 Å². The molecule has 15 heavy (non-hydrogen) atoms. The summed E-state index contributed by atoms with van der Waals surface area (Å²) in [6, 6.07) is 7.95. The largest absolute Gasteiger partial charge is 0.370 e. The van der Waals surface area contributed by atoms with Gasteiger partial charge in [-0.2, -0.15) is 0 Å². The summed E-state index contributed by atoms with van der Waals surface area (Å²) in [6.07, 6.45) is 3.07. The molecule has 1 aromatic rings. The molecule has 2 nitrogen and oxygen atoms in total. The average molecular weight is 203 g/mol. The maximum atomic E-state index is 11.7. The van der Waals surface area contributed by atoms with Gasteiger partial charge in [-0.05, 0) is 18.6 Å². The number of unbranched alkanes of at least 4 members (excludes halogenated alkanes) is 1. The molecule has 0 radical (unpaired) electrons. The minimum Gasteiger partial charge on any atom is -0.370 e. The molecule has 0 unspecified atom stereocenters. The van der Waals surface area contributed by atoms with Crippen molar-refractivity contribution < 1.29 is 4.79 Å². The molecular weight excluding hydrogens is 186 g/mol. The van der Waals surface area contributed by atoms with Crippen LogP contribution in [0.2, 0.25) is 0 Å². The predicted octanol–water partition coefficient (Wildman–Crippen LogP) is 2.88. The Hall–Kier alpha value is -1.31. The lowest BCUT2D eigenvalue weighted by Crippen LogP contribution is -2.32. The molecule has 1 aliphatic heterocycles. The van der Waals surface area contributed by atoms with Gasteiger partial charge < -0.3 is 4.90 Å². The van der Waals surface area contributed by atoms with Crippen LogP contribution in [-0.2, 0) is 0 Å². The maximum Gasteiger partial charge on any atom is 0.166 e. The lowest BCUT2D eigenvalue weighted by Gasteiger charge is -2.30. The molecule has 0 fully saturated rings. The van der Waals surface area contributed by atoms with Gasteiger partial charge in [-0.1, -0.05) is 25.5 Å². The average Bonchev–Trinajstić information content (AvgIpc) is 2.29. The van der Waals surface area contributed by atoms with Gasteiger partial charge in [-0.15, -0.1) is 0 Å². The minimum absolute atomic E-state index is 0.290. The fourth-order valence-corrected chi connectivity index (χ4v) is 2.06. The van der Waals surface area contributed by atoms with Crippen molar-refractivity contribution in [2.45, 2.75) is 26.2 Å². The number of rotatable bonds is 3. The van der Waals surface area contributed by atoms with Crippen molar-refractivity contribution in [3.05, 3.63) is 29.8 Å². The lowest BCUT2D eigenvalue weighted by molar-refractivity contribution is 0.0980. The second-order valence-electron chi connectivity index (χ2n) is 4.03. The number of para-hydroxylation sites is 1. The van der Waals surface area contributed by atoms with Gasteiger partial charge >= 0.3 is 0 Å². The van der Waals surface area contributed by atoms with Crippen LogP contribution in [0.25, 0.3) is 0 Å². The van der Waals surface area contributed by atoms with Crippen LogP contribution in [0.4, 0.5) is 5.69 Å². The molecule has 0 bridgehead atoms. The SMILES string of the molecule is CCCCN1CCC(=O)c2ccccc21. The van der Waals surface area contributed by atoms with Crippen LogP contribution in [0.15, 0.2) is 24.3 Å². The van der Waals surface area contributed by atoms with E-state index in [0.29, 0.717) is 12.2 Å². The number of hydrogen-bond donors (Lipinski definition) is 0. The third kappa shape index (κ3) is 2.04. The van der Waals surface area contributed by atoms with Gasteiger partial charge in [0.1, 0.15) is 0 Å². The van der Waals surface area contributed by atoms with E-state index in [9.17, 15) is 4.79 Å². The monoisotopic (exact) mass is 203 g/mol. The molecule has 2 heteroatoms. The molecule has 0 spiro atoms. The van der Waals surface area contributed by atoms with Crippen molar-refractivity contribution in [1.82, 2.24) is 0 Å². The second-order valence-corrected chi connectivity index (χ2v) is 4.03.